The third kappa shape index (κ3) is 1.64. The van der Waals surface area contributed by atoms with Crippen molar-refractivity contribution in [2.24, 2.45) is 5.92 Å². The van der Waals surface area contributed by atoms with Gasteiger partial charge in [0.05, 0.1) is 0 Å². The van der Waals surface area contributed by atoms with Gasteiger partial charge in [-0.1, -0.05) is 6.92 Å². The molecule has 2 unspecified atom stereocenters. The van der Waals surface area contributed by atoms with Crippen LogP contribution in [0.5, 0.6) is 0 Å². The number of likely N-dealkylation sites (tertiary alicyclic amines) is 1. The zero-order valence-corrected chi connectivity index (χ0v) is 8.05. The van der Waals surface area contributed by atoms with E-state index in [9.17, 15) is 0 Å². The van der Waals surface area contributed by atoms with Crippen LogP contribution in [0.1, 0.15) is 26.2 Å². The van der Waals surface area contributed by atoms with E-state index in [-0.39, 0.29) is 0 Å². The molecule has 2 heterocycles. The molecule has 0 amide bonds. The van der Waals surface area contributed by atoms with Crippen molar-refractivity contribution in [2.75, 3.05) is 26.2 Å². The summed E-state index contributed by atoms with van der Waals surface area (Å²) in [5.74, 6) is 0.963. The van der Waals surface area contributed by atoms with Gasteiger partial charge in [0.2, 0.25) is 0 Å². The maximum absolute atomic E-state index is 3.63. The molecule has 2 fully saturated rings. The molecule has 2 nitrogen and oxygen atoms in total. The molecule has 2 rings (SSSR count). The van der Waals surface area contributed by atoms with Crippen LogP contribution in [0.25, 0.3) is 0 Å². The van der Waals surface area contributed by atoms with Gasteiger partial charge in [0.1, 0.15) is 0 Å². The van der Waals surface area contributed by atoms with Gasteiger partial charge in [-0.2, -0.15) is 0 Å². The Morgan fingerprint density at radius 1 is 1.42 bits per heavy atom. The van der Waals surface area contributed by atoms with Gasteiger partial charge in [-0.15, -0.1) is 0 Å². The van der Waals surface area contributed by atoms with Gasteiger partial charge in [-0.25, -0.2) is 0 Å². The molecule has 0 bridgehead atoms. The molecular formula is C10H20N2. The van der Waals surface area contributed by atoms with E-state index >= 15 is 0 Å². The fourth-order valence-corrected chi connectivity index (χ4v) is 2.63. The van der Waals surface area contributed by atoms with E-state index in [1.807, 2.05) is 0 Å². The highest BCUT2D eigenvalue weighted by Gasteiger charge is 2.33. The molecule has 0 spiro atoms. The van der Waals surface area contributed by atoms with Crippen molar-refractivity contribution in [2.45, 2.75) is 32.2 Å². The summed E-state index contributed by atoms with van der Waals surface area (Å²) in [6.07, 6.45) is 4.15. The monoisotopic (exact) mass is 168 g/mol. The lowest BCUT2D eigenvalue weighted by atomic mass is 9.94. The first kappa shape index (κ1) is 8.52. The van der Waals surface area contributed by atoms with E-state index in [0.29, 0.717) is 0 Å². The van der Waals surface area contributed by atoms with Crippen LogP contribution in [0, 0.1) is 5.92 Å². The predicted molar refractivity (Wildman–Crippen MR) is 51.2 cm³/mol. The number of piperidine rings is 1. The van der Waals surface area contributed by atoms with Crippen molar-refractivity contribution in [3.05, 3.63) is 0 Å². The minimum Gasteiger partial charge on any atom is -0.312 e. The second-order valence-corrected chi connectivity index (χ2v) is 4.22. The molecule has 2 heteroatoms. The molecule has 2 aliphatic rings. The van der Waals surface area contributed by atoms with Gasteiger partial charge in [0, 0.05) is 19.1 Å². The number of fused-ring (bicyclic) bond motifs is 1. The van der Waals surface area contributed by atoms with Crippen molar-refractivity contribution in [3.63, 3.8) is 0 Å². The number of nitrogens with one attached hydrogen (secondary N) is 1. The number of hydrogen-bond donors (Lipinski definition) is 1. The third-order valence-corrected chi connectivity index (χ3v) is 3.21. The topological polar surface area (TPSA) is 15.3 Å². The van der Waals surface area contributed by atoms with Crippen molar-refractivity contribution in [1.82, 2.24) is 10.2 Å². The second-order valence-electron chi connectivity index (χ2n) is 4.22. The summed E-state index contributed by atoms with van der Waals surface area (Å²) in [6.45, 7) is 7.48. The van der Waals surface area contributed by atoms with Gasteiger partial charge in [0.25, 0.3) is 0 Å². The standard InChI is InChI=1S/C10H20N2/c1-2-6-12-7-9-4-3-5-11-10(9)8-12/h9-11H,2-8H2,1H3. The average Bonchev–Trinajstić information content (AvgIpc) is 2.47. The molecule has 0 saturated carbocycles. The van der Waals surface area contributed by atoms with Crippen LogP contribution < -0.4 is 5.32 Å². The number of rotatable bonds is 2. The lowest BCUT2D eigenvalue weighted by Gasteiger charge is -2.24. The minimum atomic E-state index is 0.824. The second kappa shape index (κ2) is 3.75. The van der Waals surface area contributed by atoms with Crippen LogP contribution in [0.3, 0.4) is 0 Å². The third-order valence-electron chi connectivity index (χ3n) is 3.21. The molecule has 0 aromatic heterocycles. The number of nitrogens with zero attached hydrogens (tertiary/aromatic N) is 1. The molecule has 2 aliphatic heterocycles. The summed E-state index contributed by atoms with van der Waals surface area (Å²) in [7, 11) is 0. The Labute approximate surface area is 75.3 Å². The summed E-state index contributed by atoms with van der Waals surface area (Å²) in [5, 5.41) is 3.63. The summed E-state index contributed by atoms with van der Waals surface area (Å²) < 4.78 is 0. The van der Waals surface area contributed by atoms with Crippen LogP contribution in [-0.4, -0.2) is 37.1 Å². The van der Waals surface area contributed by atoms with E-state index in [2.05, 4.69) is 17.1 Å². The molecule has 2 atom stereocenters. The van der Waals surface area contributed by atoms with Crippen LogP contribution >= 0.6 is 0 Å². The van der Waals surface area contributed by atoms with Gasteiger partial charge in [0.15, 0.2) is 0 Å². The Morgan fingerprint density at radius 3 is 3.08 bits per heavy atom. The molecule has 0 aliphatic carbocycles. The van der Waals surface area contributed by atoms with Gasteiger partial charge in [-0.3, -0.25) is 0 Å². The normalized spacial score (nSPS) is 36.8. The predicted octanol–water partition coefficient (Wildman–Crippen LogP) is 1.08. The fraction of sp³-hybridized carbons (Fsp3) is 1.00. The molecule has 70 valence electrons. The summed E-state index contributed by atoms with van der Waals surface area (Å²) in [4.78, 5) is 2.62. The first-order valence-corrected chi connectivity index (χ1v) is 5.36. The Balaban J connectivity index is 1.85. The van der Waals surface area contributed by atoms with Gasteiger partial charge >= 0.3 is 0 Å². The zero-order chi connectivity index (χ0) is 8.39. The minimum absolute atomic E-state index is 0.824. The zero-order valence-electron chi connectivity index (χ0n) is 8.05. The van der Waals surface area contributed by atoms with Crippen molar-refractivity contribution >= 4 is 0 Å². The van der Waals surface area contributed by atoms with E-state index in [1.165, 1.54) is 45.4 Å². The summed E-state index contributed by atoms with van der Waals surface area (Å²) in [5.41, 5.74) is 0. The smallest absolute Gasteiger partial charge is 0.0235 e. The maximum Gasteiger partial charge on any atom is 0.0235 e. The first-order valence-electron chi connectivity index (χ1n) is 5.36. The van der Waals surface area contributed by atoms with E-state index in [1.54, 1.807) is 0 Å². The molecule has 12 heavy (non-hydrogen) atoms. The van der Waals surface area contributed by atoms with Crippen molar-refractivity contribution < 1.29 is 0 Å². The van der Waals surface area contributed by atoms with Crippen molar-refractivity contribution in [3.8, 4) is 0 Å². The number of hydrogen-bond acceptors (Lipinski definition) is 2. The molecule has 1 N–H and O–H groups in total. The molecule has 0 aromatic carbocycles. The molecule has 0 radical (unpaired) electrons. The van der Waals surface area contributed by atoms with Crippen LogP contribution in [0.4, 0.5) is 0 Å². The highest BCUT2D eigenvalue weighted by atomic mass is 15.2. The van der Waals surface area contributed by atoms with Gasteiger partial charge in [-0.05, 0) is 38.3 Å². The largest absolute Gasteiger partial charge is 0.312 e. The Hall–Kier alpha value is -0.0800. The maximum atomic E-state index is 3.63. The first-order chi connectivity index (χ1) is 5.90. The highest BCUT2D eigenvalue weighted by molar-refractivity contribution is 4.91. The molecule has 2 saturated heterocycles. The van der Waals surface area contributed by atoms with E-state index < -0.39 is 0 Å². The van der Waals surface area contributed by atoms with E-state index in [0.717, 1.165) is 12.0 Å². The van der Waals surface area contributed by atoms with E-state index in [4.69, 9.17) is 0 Å². The lowest BCUT2D eigenvalue weighted by Crippen LogP contribution is -2.40. The van der Waals surface area contributed by atoms with Crippen LogP contribution in [0.15, 0.2) is 0 Å². The Morgan fingerprint density at radius 2 is 2.33 bits per heavy atom. The van der Waals surface area contributed by atoms with Crippen molar-refractivity contribution in [1.29, 1.82) is 0 Å². The Kier molecular flexibility index (Phi) is 2.66. The molecular weight excluding hydrogens is 148 g/mol. The van der Waals surface area contributed by atoms with Gasteiger partial charge < -0.3 is 10.2 Å². The highest BCUT2D eigenvalue weighted by Crippen LogP contribution is 2.24. The summed E-state index contributed by atoms with van der Waals surface area (Å²) >= 11 is 0. The summed E-state index contributed by atoms with van der Waals surface area (Å²) in [6, 6.07) is 0.824. The SMILES string of the molecule is CCCN1CC2CCCNC2C1. The lowest BCUT2D eigenvalue weighted by molar-refractivity contribution is 0.320. The molecule has 0 aromatic rings. The fourth-order valence-electron chi connectivity index (χ4n) is 2.63. The quantitative estimate of drug-likeness (QED) is 0.664. The Bertz CT molecular complexity index is 133. The van der Waals surface area contributed by atoms with Crippen LogP contribution in [0.2, 0.25) is 0 Å². The van der Waals surface area contributed by atoms with Crippen LogP contribution in [-0.2, 0) is 0 Å². The average molecular weight is 168 g/mol.